The number of rotatable bonds is 4. The number of hydrogen-bond acceptors (Lipinski definition) is 4. The number of nitro groups is 1. The van der Waals surface area contributed by atoms with Crippen LogP contribution in [0.3, 0.4) is 0 Å². The van der Waals surface area contributed by atoms with E-state index in [1.807, 2.05) is 0 Å². The van der Waals surface area contributed by atoms with Crippen molar-refractivity contribution < 1.29 is 9.72 Å². The summed E-state index contributed by atoms with van der Waals surface area (Å²) in [7, 11) is 0. The number of amides is 1. The smallest absolute Gasteiger partial charge is 0.269 e. The number of nitrogens with zero attached hydrogens (tertiary/aromatic N) is 1. The number of carbonyl (C=O) groups excluding carboxylic acids is 1. The summed E-state index contributed by atoms with van der Waals surface area (Å²) in [6.07, 6.45) is 4.68. The Hall–Kier alpha value is -2.21. The molecule has 19 heavy (non-hydrogen) atoms. The zero-order valence-electron chi connectivity index (χ0n) is 10.3. The molecule has 1 aliphatic rings. The molecule has 1 aromatic carbocycles. The van der Waals surface area contributed by atoms with Gasteiger partial charge in [-0.1, -0.05) is 0 Å². The number of nitro benzene ring substituents is 1. The Morgan fingerprint density at radius 1 is 1.37 bits per heavy atom. The van der Waals surface area contributed by atoms with Gasteiger partial charge in [0.2, 0.25) is 5.91 Å². The number of nitrogens with one attached hydrogen (secondary N) is 1. The Kier molecular flexibility index (Phi) is 3.91. The standard InChI is InChI=1S/C13H15N3O3/c14-10-7-11(8-10)15-13(17)6-3-9-1-4-12(5-2-9)16(18)19/h1-6,10-11H,7-8,14H2,(H,15,17)/b6-3+. The van der Waals surface area contributed by atoms with Gasteiger partial charge in [0.1, 0.15) is 0 Å². The van der Waals surface area contributed by atoms with Crippen LogP contribution in [0.2, 0.25) is 0 Å². The lowest BCUT2D eigenvalue weighted by atomic mass is 9.88. The van der Waals surface area contributed by atoms with E-state index in [1.54, 1.807) is 18.2 Å². The fraction of sp³-hybridized carbons (Fsp3) is 0.308. The van der Waals surface area contributed by atoms with Gasteiger partial charge in [-0.25, -0.2) is 0 Å². The molecule has 0 heterocycles. The second kappa shape index (κ2) is 5.62. The summed E-state index contributed by atoms with van der Waals surface area (Å²) in [4.78, 5) is 21.6. The summed E-state index contributed by atoms with van der Waals surface area (Å²) in [6.45, 7) is 0. The molecule has 0 spiro atoms. The summed E-state index contributed by atoms with van der Waals surface area (Å²) in [5.74, 6) is -0.171. The van der Waals surface area contributed by atoms with Crippen molar-refractivity contribution in [3.63, 3.8) is 0 Å². The lowest BCUT2D eigenvalue weighted by Crippen LogP contribution is -2.49. The summed E-state index contributed by atoms with van der Waals surface area (Å²) < 4.78 is 0. The first kappa shape index (κ1) is 13.2. The molecular formula is C13H15N3O3. The third-order valence-corrected chi connectivity index (χ3v) is 3.05. The van der Waals surface area contributed by atoms with Crippen LogP contribution in [0, 0.1) is 10.1 Å². The van der Waals surface area contributed by atoms with Crippen LogP contribution in [-0.4, -0.2) is 22.9 Å². The largest absolute Gasteiger partial charge is 0.350 e. The molecule has 1 fully saturated rings. The normalized spacial score (nSPS) is 21.9. The van der Waals surface area contributed by atoms with E-state index in [0.717, 1.165) is 18.4 Å². The lowest BCUT2D eigenvalue weighted by molar-refractivity contribution is -0.384. The van der Waals surface area contributed by atoms with Gasteiger partial charge in [0, 0.05) is 30.3 Å². The highest BCUT2D eigenvalue weighted by Crippen LogP contribution is 2.17. The molecule has 0 saturated heterocycles. The Bertz CT molecular complexity index is 504. The van der Waals surface area contributed by atoms with Gasteiger partial charge < -0.3 is 11.1 Å². The van der Waals surface area contributed by atoms with Gasteiger partial charge in [0.25, 0.3) is 5.69 Å². The fourth-order valence-electron chi connectivity index (χ4n) is 1.91. The van der Waals surface area contributed by atoms with E-state index in [9.17, 15) is 14.9 Å². The molecule has 6 heteroatoms. The van der Waals surface area contributed by atoms with Crippen LogP contribution in [0.5, 0.6) is 0 Å². The highest BCUT2D eigenvalue weighted by molar-refractivity contribution is 5.92. The van der Waals surface area contributed by atoms with E-state index < -0.39 is 4.92 Å². The van der Waals surface area contributed by atoms with Gasteiger partial charge in [0.15, 0.2) is 0 Å². The van der Waals surface area contributed by atoms with Crippen LogP contribution < -0.4 is 11.1 Å². The molecule has 0 unspecified atom stereocenters. The van der Waals surface area contributed by atoms with Gasteiger partial charge in [-0.3, -0.25) is 14.9 Å². The monoisotopic (exact) mass is 261 g/mol. The molecule has 0 radical (unpaired) electrons. The molecule has 2 rings (SSSR count). The van der Waals surface area contributed by atoms with Gasteiger partial charge in [0.05, 0.1) is 4.92 Å². The van der Waals surface area contributed by atoms with Crippen molar-refractivity contribution >= 4 is 17.7 Å². The quantitative estimate of drug-likeness (QED) is 0.483. The van der Waals surface area contributed by atoms with Crippen LogP contribution in [-0.2, 0) is 4.79 Å². The average Bonchev–Trinajstić information content (AvgIpc) is 2.35. The average molecular weight is 261 g/mol. The van der Waals surface area contributed by atoms with Crippen molar-refractivity contribution in [3.8, 4) is 0 Å². The van der Waals surface area contributed by atoms with Crippen molar-refractivity contribution in [3.05, 3.63) is 46.0 Å². The van der Waals surface area contributed by atoms with Crippen LogP contribution in [0.15, 0.2) is 30.3 Å². The van der Waals surface area contributed by atoms with Gasteiger partial charge in [-0.15, -0.1) is 0 Å². The first-order valence-electron chi connectivity index (χ1n) is 6.03. The number of carbonyl (C=O) groups is 1. The minimum Gasteiger partial charge on any atom is -0.350 e. The molecule has 0 aromatic heterocycles. The zero-order chi connectivity index (χ0) is 13.8. The molecule has 1 saturated carbocycles. The SMILES string of the molecule is NC1CC(NC(=O)/C=C/c2ccc([N+](=O)[O-])cc2)C1. The molecule has 0 bridgehead atoms. The van der Waals surface area contributed by atoms with Crippen molar-refractivity contribution in [1.82, 2.24) is 5.32 Å². The van der Waals surface area contributed by atoms with Gasteiger partial charge in [-0.05, 0) is 36.6 Å². The highest BCUT2D eigenvalue weighted by atomic mass is 16.6. The van der Waals surface area contributed by atoms with Gasteiger partial charge in [-0.2, -0.15) is 0 Å². The first-order valence-corrected chi connectivity index (χ1v) is 6.03. The van der Waals surface area contributed by atoms with Crippen molar-refractivity contribution in [2.24, 2.45) is 5.73 Å². The van der Waals surface area contributed by atoms with E-state index in [-0.39, 0.29) is 23.7 Å². The predicted molar refractivity (Wildman–Crippen MR) is 71.3 cm³/mol. The zero-order valence-corrected chi connectivity index (χ0v) is 10.3. The van der Waals surface area contributed by atoms with Crippen molar-refractivity contribution in [2.45, 2.75) is 24.9 Å². The minimum absolute atomic E-state index is 0.0325. The molecule has 6 nitrogen and oxygen atoms in total. The molecule has 1 aliphatic carbocycles. The maximum atomic E-state index is 11.6. The Morgan fingerprint density at radius 3 is 2.53 bits per heavy atom. The van der Waals surface area contributed by atoms with E-state index in [1.165, 1.54) is 18.2 Å². The topological polar surface area (TPSA) is 98.3 Å². The van der Waals surface area contributed by atoms with E-state index in [2.05, 4.69) is 5.32 Å². The van der Waals surface area contributed by atoms with Gasteiger partial charge >= 0.3 is 0 Å². The summed E-state index contributed by atoms with van der Waals surface area (Å²) in [5, 5.41) is 13.3. The van der Waals surface area contributed by atoms with Crippen molar-refractivity contribution in [1.29, 1.82) is 0 Å². The van der Waals surface area contributed by atoms with E-state index in [0.29, 0.717) is 0 Å². The molecule has 100 valence electrons. The predicted octanol–water partition coefficient (Wildman–Crippen LogP) is 1.21. The Labute approximate surface area is 110 Å². The van der Waals surface area contributed by atoms with Crippen LogP contribution in [0.1, 0.15) is 18.4 Å². The lowest BCUT2D eigenvalue weighted by Gasteiger charge is -2.32. The highest BCUT2D eigenvalue weighted by Gasteiger charge is 2.26. The van der Waals surface area contributed by atoms with E-state index in [4.69, 9.17) is 5.73 Å². The van der Waals surface area contributed by atoms with Crippen molar-refractivity contribution in [2.75, 3.05) is 0 Å². The fourth-order valence-corrected chi connectivity index (χ4v) is 1.91. The minimum atomic E-state index is -0.458. The first-order chi connectivity index (χ1) is 9.04. The number of hydrogen-bond donors (Lipinski definition) is 2. The molecule has 0 aliphatic heterocycles. The van der Waals surface area contributed by atoms with Crippen LogP contribution in [0.4, 0.5) is 5.69 Å². The summed E-state index contributed by atoms with van der Waals surface area (Å²) in [5.41, 5.74) is 6.40. The molecule has 0 atom stereocenters. The van der Waals surface area contributed by atoms with Crippen LogP contribution >= 0.6 is 0 Å². The number of nitrogens with two attached hydrogens (primary N) is 1. The molecule has 3 N–H and O–H groups in total. The van der Waals surface area contributed by atoms with Crippen LogP contribution in [0.25, 0.3) is 6.08 Å². The van der Waals surface area contributed by atoms with E-state index >= 15 is 0 Å². The second-order valence-corrected chi connectivity index (χ2v) is 4.62. The molecule has 1 aromatic rings. The Balaban J connectivity index is 1.87. The maximum Gasteiger partial charge on any atom is 0.269 e. The number of non-ortho nitro benzene ring substituents is 1. The molecule has 1 amide bonds. The third kappa shape index (κ3) is 3.62. The molecular weight excluding hydrogens is 246 g/mol. The maximum absolute atomic E-state index is 11.6. The Morgan fingerprint density at radius 2 is 2.00 bits per heavy atom. The summed E-state index contributed by atoms with van der Waals surface area (Å²) >= 11 is 0. The number of benzene rings is 1. The summed E-state index contributed by atoms with van der Waals surface area (Å²) in [6, 6.07) is 6.38. The third-order valence-electron chi connectivity index (χ3n) is 3.05. The second-order valence-electron chi connectivity index (χ2n) is 4.62.